The van der Waals surface area contributed by atoms with Gasteiger partial charge in [-0.05, 0) is 54.8 Å². The van der Waals surface area contributed by atoms with E-state index in [1.165, 1.54) is 0 Å². The highest BCUT2D eigenvalue weighted by Gasteiger charge is 2.14. The molecule has 1 atom stereocenters. The Morgan fingerprint density at radius 2 is 1.91 bits per heavy atom. The van der Waals surface area contributed by atoms with E-state index in [2.05, 4.69) is 10.6 Å². The minimum Gasteiger partial charge on any atom is -0.496 e. The zero-order valence-corrected chi connectivity index (χ0v) is 14.3. The van der Waals surface area contributed by atoms with E-state index in [9.17, 15) is 4.79 Å². The van der Waals surface area contributed by atoms with Gasteiger partial charge in [0, 0.05) is 10.7 Å². The van der Waals surface area contributed by atoms with Crippen LogP contribution in [0.4, 0.5) is 10.5 Å². The molecule has 4 nitrogen and oxygen atoms in total. The second-order valence-corrected chi connectivity index (χ2v) is 5.73. The lowest BCUT2D eigenvalue weighted by Crippen LogP contribution is -2.32. The van der Waals surface area contributed by atoms with Gasteiger partial charge in [0.05, 0.1) is 13.2 Å². The van der Waals surface area contributed by atoms with Crippen molar-refractivity contribution < 1.29 is 9.53 Å². The van der Waals surface area contributed by atoms with Crippen LogP contribution in [-0.2, 0) is 0 Å². The molecular formula is C18H21ClN2O2. The highest BCUT2D eigenvalue weighted by molar-refractivity contribution is 6.30. The lowest BCUT2D eigenvalue weighted by atomic mass is 10.0. The number of carbonyl (C=O) groups excluding carboxylic acids is 1. The van der Waals surface area contributed by atoms with Gasteiger partial charge in [-0.2, -0.15) is 0 Å². The normalized spacial score (nSPS) is 11.7. The summed E-state index contributed by atoms with van der Waals surface area (Å²) < 4.78 is 5.27. The number of aryl methyl sites for hydroxylation is 1. The topological polar surface area (TPSA) is 50.4 Å². The maximum atomic E-state index is 12.2. The number of anilines is 1. The molecule has 0 heterocycles. The van der Waals surface area contributed by atoms with Gasteiger partial charge in [-0.25, -0.2) is 4.79 Å². The first-order valence-corrected chi connectivity index (χ1v) is 7.89. The Labute approximate surface area is 141 Å². The second kappa shape index (κ2) is 7.88. The number of nitrogens with one attached hydrogen (secondary N) is 2. The first-order valence-electron chi connectivity index (χ1n) is 7.51. The summed E-state index contributed by atoms with van der Waals surface area (Å²) in [4.78, 5) is 12.2. The minimum absolute atomic E-state index is 0.0630. The molecule has 0 aliphatic carbocycles. The fourth-order valence-corrected chi connectivity index (χ4v) is 2.52. The molecule has 2 N–H and O–H groups in total. The van der Waals surface area contributed by atoms with E-state index in [1.807, 2.05) is 32.0 Å². The predicted molar refractivity (Wildman–Crippen MR) is 94.4 cm³/mol. The van der Waals surface area contributed by atoms with Crippen molar-refractivity contribution >= 4 is 23.3 Å². The summed E-state index contributed by atoms with van der Waals surface area (Å²) in [5, 5.41) is 6.43. The second-order valence-electron chi connectivity index (χ2n) is 5.30. The maximum Gasteiger partial charge on any atom is 0.319 e. The van der Waals surface area contributed by atoms with Gasteiger partial charge in [-0.1, -0.05) is 30.7 Å². The molecule has 0 saturated carbocycles. The Morgan fingerprint density at radius 3 is 2.48 bits per heavy atom. The zero-order valence-electron chi connectivity index (χ0n) is 13.5. The molecule has 2 amide bonds. The Bertz CT molecular complexity index is 671. The molecular weight excluding hydrogens is 312 g/mol. The van der Waals surface area contributed by atoms with Gasteiger partial charge in [0.25, 0.3) is 0 Å². The molecule has 0 unspecified atom stereocenters. The minimum atomic E-state index is -0.243. The summed E-state index contributed by atoms with van der Waals surface area (Å²) in [6, 6.07) is 12.6. The third-order valence-electron chi connectivity index (χ3n) is 3.64. The monoisotopic (exact) mass is 332 g/mol. The molecule has 0 spiro atoms. The van der Waals surface area contributed by atoms with Crippen LogP contribution in [0.1, 0.15) is 30.5 Å². The van der Waals surface area contributed by atoms with Crippen LogP contribution in [0.5, 0.6) is 5.75 Å². The smallest absolute Gasteiger partial charge is 0.319 e. The third kappa shape index (κ3) is 4.63. The average Bonchev–Trinajstić information content (AvgIpc) is 2.54. The van der Waals surface area contributed by atoms with Crippen molar-refractivity contribution in [3.05, 3.63) is 58.6 Å². The molecule has 0 radical (unpaired) electrons. The largest absolute Gasteiger partial charge is 0.496 e. The van der Waals surface area contributed by atoms with E-state index >= 15 is 0 Å². The summed E-state index contributed by atoms with van der Waals surface area (Å²) in [5.41, 5.74) is 2.80. The van der Waals surface area contributed by atoms with Gasteiger partial charge < -0.3 is 15.4 Å². The third-order valence-corrected chi connectivity index (χ3v) is 3.89. The molecule has 0 aromatic heterocycles. The average molecular weight is 333 g/mol. The molecule has 122 valence electrons. The van der Waals surface area contributed by atoms with E-state index in [1.54, 1.807) is 31.4 Å². The Kier molecular flexibility index (Phi) is 5.88. The molecule has 2 rings (SSSR count). The van der Waals surface area contributed by atoms with E-state index < -0.39 is 0 Å². The number of hydrogen-bond acceptors (Lipinski definition) is 2. The Balaban J connectivity index is 2.05. The van der Waals surface area contributed by atoms with Crippen molar-refractivity contribution in [1.29, 1.82) is 0 Å². The van der Waals surface area contributed by atoms with Crippen molar-refractivity contribution in [1.82, 2.24) is 5.32 Å². The van der Waals surface area contributed by atoms with Crippen LogP contribution < -0.4 is 15.4 Å². The van der Waals surface area contributed by atoms with Gasteiger partial charge in [-0.15, -0.1) is 0 Å². The van der Waals surface area contributed by atoms with Gasteiger partial charge in [-0.3, -0.25) is 0 Å². The van der Waals surface area contributed by atoms with Crippen molar-refractivity contribution in [3.63, 3.8) is 0 Å². The van der Waals surface area contributed by atoms with E-state index in [0.717, 1.165) is 23.3 Å². The lowest BCUT2D eigenvalue weighted by molar-refractivity contribution is 0.248. The lowest BCUT2D eigenvalue weighted by Gasteiger charge is -2.19. The van der Waals surface area contributed by atoms with E-state index in [-0.39, 0.29) is 12.1 Å². The maximum absolute atomic E-state index is 12.2. The molecule has 0 aliphatic rings. The molecule has 2 aromatic carbocycles. The first-order chi connectivity index (χ1) is 11.0. The summed E-state index contributed by atoms with van der Waals surface area (Å²) in [7, 11) is 1.65. The number of benzene rings is 2. The van der Waals surface area contributed by atoms with Crippen molar-refractivity contribution in [2.45, 2.75) is 26.3 Å². The van der Waals surface area contributed by atoms with Crippen LogP contribution >= 0.6 is 11.6 Å². The number of carbonyl (C=O) groups is 1. The highest BCUT2D eigenvalue weighted by atomic mass is 35.5. The molecule has 0 saturated heterocycles. The molecule has 5 heteroatoms. The number of ether oxygens (including phenoxy) is 1. The summed E-state index contributed by atoms with van der Waals surface area (Å²) in [6.45, 7) is 4.02. The van der Waals surface area contributed by atoms with Crippen LogP contribution in [0.25, 0.3) is 0 Å². The fraction of sp³-hybridized carbons (Fsp3) is 0.278. The van der Waals surface area contributed by atoms with Gasteiger partial charge >= 0.3 is 6.03 Å². The summed E-state index contributed by atoms with van der Waals surface area (Å²) in [6.07, 6.45) is 0.791. The van der Waals surface area contributed by atoms with Crippen LogP contribution in [0, 0.1) is 6.92 Å². The van der Waals surface area contributed by atoms with Crippen LogP contribution in [0.15, 0.2) is 42.5 Å². The summed E-state index contributed by atoms with van der Waals surface area (Å²) >= 11 is 5.84. The predicted octanol–water partition coefficient (Wildman–Crippen LogP) is 4.93. The number of methoxy groups -OCH3 is 1. The van der Waals surface area contributed by atoms with Gasteiger partial charge in [0.2, 0.25) is 0 Å². The molecule has 0 aliphatic heterocycles. The number of amides is 2. The van der Waals surface area contributed by atoms with Gasteiger partial charge in [0.1, 0.15) is 5.75 Å². The number of urea groups is 1. The standard InChI is InChI=1S/C18H21ClN2O2/c1-4-16(13-5-10-17(23-3)12(2)11-13)21-18(22)20-15-8-6-14(19)7-9-15/h5-11,16H,4H2,1-3H3,(H2,20,21,22)/t16-/m1/s1. The van der Waals surface area contributed by atoms with Crippen molar-refractivity contribution in [3.8, 4) is 5.75 Å². The van der Waals surface area contributed by atoms with Crippen LogP contribution in [-0.4, -0.2) is 13.1 Å². The quantitative estimate of drug-likeness (QED) is 0.815. The fourth-order valence-electron chi connectivity index (χ4n) is 2.40. The zero-order chi connectivity index (χ0) is 16.8. The SMILES string of the molecule is CC[C@@H](NC(=O)Nc1ccc(Cl)cc1)c1ccc(OC)c(C)c1. The molecule has 2 aromatic rings. The Morgan fingerprint density at radius 1 is 1.22 bits per heavy atom. The van der Waals surface area contributed by atoms with E-state index in [4.69, 9.17) is 16.3 Å². The van der Waals surface area contributed by atoms with Gasteiger partial charge in [0.15, 0.2) is 0 Å². The Hall–Kier alpha value is -2.20. The number of rotatable bonds is 5. The van der Waals surface area contributed by atoms with E-state index in [0.29, 0.717) is 10.7 Å². The van der Waals surface area contributed by atoms with Crippen molar-refractivity contribution in [2.75, 3.05) is 12.4 Å². The first kappa shape index (κ1) is 17.2. The number of hydrogen-bond donors (Lipinski definition) is 2. The van der Waals surface area contributed by atoms with Crippen LogP contribution in [0.2, 0.25) is 5.02 Å². The van der Waals surface area contributed by atoms with Crippen molar-refractivity contribution in [2.24, 2.45) is 0 Å². The summed E-state index contributed by atoms with van der Waals surface area (Å²) in [5.74, 6) is 0.842. The molecule has 0 fully saturated rings. The molecule has 0 bridgehead atoms. The number of halogens is 1. The van der Waals surface area contributed by atoms with Crippen LogP contribution in [0.3, 0.4) is 0 Å². The highest BCUT2D eigenvalue weighted by Crippen LogP contribution is 2.24. The molecule has 23 heavy (non-hydrogen) atoms.